The molecule has 2 rings (SSSR count). The van der Waals surface area contributed by atoms with E-state index in [1.807, 2.05) is 37.3 Å². The van der Waals surface area contributed by atoms with Gasteiger partial charge >= 0.3 is 0 Å². The van der Waals surface area contributed by atoms with Crippen molar-refractivity contribution in [2.45, 2.75) is 19.1 Å². The number of carbonyl (C=O) groups is 1. The minimum atomic E-state index is -0.758. The number of rotatable bonds is 7. The SMILES string of the molecule is C[C@@H](OC[C@H](O)CNC(=O)c1cccnc1)c1ccccc1. The maximum Gasteiger partial charge on any atom is 0.252 e. The van der Waals surface area contributed by atoms with E-state index in [4.69, 9.17) is 4.74 Å². The highest BCUT2D eigenvalue weighted by atomic mass is 16.5. The normalized spacial score (nSPS) is 13.4. The molecule has 0 aliphatic rings. The number of aliphatic hydroxyl groups is 1. The third-order valence-corrected chi connectivity index (χ3v) is 3.23. The Morgan fingerprint density at radius 3 is 2.73 bits per heavy atom. The maximum absolute atomic E-state index is 11.8. The zero-order valence-corrected chi connectivity index (χ0v) is 12.5. The molecule has 0 fully saturated rings. The van der Waals surface area contributed by atoms with Crippen LogP contribution < -0.4 is 5.32 Å². The number of nitrogens with zero attached hydrogens (tertiary/aromatic N) is 1. The van der Waals surface area contributed by atoms with Crippen LogP contribution in [0.15, 0.2) is 54.9 Å². The van der Waals surface area contributed by atoms with Crippen LogP contribution in [0.5, 0.6) is 0 Å². The average Bonchev–Trinajstić information content (AvgIpc) is 2.59. The Hall–Kier alpha value is -2.24. The summed E-state index contributed by atoms with van der Waals surface area (Å²) in [5.74, 6) is -0.261. The van der Waals surface area contributed by atoms with Gasteiger partial charge < -0.3 is 15.2 Å². The van der Waals surface area contributed by atoms with Crippen LogP contribution in [0.2, 0.25) is 0 Å². The number of aromatic nitrogens is 1. The van der Waals surface area contributed by atoms with Crippen molar-refractivity contribution >= 4 is 5.91 Å². The minimum Gasteiger partial charge on any atom is -0.389 e. The number of hydrogen-bond donors (Lipinski definition) is 2. The zero-order valence-electron chi connectivity index (χ0n) is 12.5. The third-order valence-electron chi connectivity index (χ3n) is 3.23. The van der Waals surface area contributed by atoms with Gasteiger partial charge in [0.2, 0.25) is 0 Å². The molecule has 0 aliphatic carbocycles. The van der Waals surface area contributed by atoms with Gasteiger partial charge in [-0.05, 0) is 24.6 Å². The lowest BCUT2D eigenvalue weighted by atomic mass is 10.1. The number of benzene rings is 1. The van der Waals surface area contributed by atoms with E-state index in [-0.39, 0.29) is 25.2 Å². The van der Waals surface area contributed by atoms with E-state index in [9.17, 15) is 9.90 Å². The topological polar surface area (TPSA) is 71.5 Å². The van der Waals surface area contributed by atoms with Crippen LogP contribution in [0, 0.1) is 0 Å². The van der Waals surface area contributed by atoms with Gasteiger partial charge in [0.1, 0.15) is 0 Å². The van der Waals surface area contributed by atoms with Crippen molar-refractivity contribution in [2.75, 3.05) is 13.2 Å². The van der Waals surface area contributed by atoms with E-state index in [1.165, 1.54) is 6.20 Å². The van der Waals surface area contributed by atoms with Crippen LogP contribution >= 0.6 is 0 Å². The van der Waals surface area contributed by atoms with Crippen LogP contribution in [0.25, 0.3) is 0 Å². The quantitative estimate of drug-likeness (QED) is 0.820. The molecular weight excluding hydrogens is 280 g/mol. The first-order chi connectivity index (χ1) is 10.7. The molecule has 2 N–H and O–H groups in total. The van der Waals surface area contributed by atoms with E-state index >= 15 is 0 Å². The molecule has 1 heterocycles. The largest absolute Gasteiger partial charge is 0.389 e. The van der Waals surface area contributed by atoms with Crippen molar-refractivity contribution in [1.82, 2.24) is 10.3 Å². The van der Waals surface area contributed by atoms with Crippen molar-refractivity contribution in [3.05, 3.63) is 66.0 Å². The van der Waals surface area contributed by atoms with Gasteiger partial charge in [-0.15, -0.1) is 0 Å². The van der Waals surface area contributed by atoms with E-state index in [0.717, 1.165) is 5.56 Å². The summed E-state index contributed by atoms with van der Waals surface area (Å²) < 4.78 is 5.61. The molecule has 0 saturated heterocycles. The van der Waals surface area contributed by atoms with Crippen LogP contribution in [0.1, 0.15) is 28.9 Å². The van der Waals surface area contributed by atoms with Crippen molar-refractivity contribution in [3.8, 4) is 0 Å². The maximum atomic E-state index is 11.8. The molecule has 2 atom stereocenters. The fraction of sp³-hybridized carbons (Fsp3) is 0.294. The molecule has 2 aromatic rings. The predicted octanol–water partition coefficient (Wildman–Crippen LogP) is 1.95. The second-order valence-corrected chi connectivity index (χ2v) is 4.99. The number of nitrogens with one attached hydrogen (secondary N) is 1. The number of amides is 1. The first kappa shape index (κ1) is 16.1. The number of carbonyl (C=O) groups excluding carboxylic acids is 1. The summed E-state index contributed by atoms with van der Waals surface area (Å²) in [4.78, 5) is 15.7. The lowest BCUT2D eigenvalue weighted by Gasteiger charge is -2.17. The molecule has 0 saturated carbocycles. The number of hydrogen-bond acceptors (Lipinski definition) is 4. The van der Waals surface area contributed by atoms with Crippen LogP contribution in [0.3, 0.4) is 0 Å². The summed E-state index contributed by atoms with van der Waals surface area (Å²) in [6, 6.07) is 13.1. The molecule has 0 spiro atoms. The Labute approximate surface area is 130 Å². The van der Waals surface area contributed by atoms with Gasteiger partial charge in [0, 0.05) is 18.9 Å². The zero-order chi connectivity index (χ0) is 15.8. The summed E-state index contributed by atoms with van der Waals surface area (Å²) >= 11 is 0. The molecule has 1 aromatic heterocycles. The number of ether oxygens (including phenoxy) is 1. The Bertz CT molecular complexity index is 575. The Morgan fingerprint density at radius 2 is 2.05 bits per heavy atom. The van der Waals surface area contributed by atoms with Gasteiger partial charge in [-0.25, -0.2) is 0 Å². The molecule has 22 heavy (non-hydrogen) atoms. The second kappa shape index (κ2) is 8.26. The Balaban J connectivity index is 1.72. The molecule has 5 heteroatoms. The summed E-state index contributed by atoms with van der Waals surface area (Å²) in [6.45, 7) is 2.22. The first-order valence-electron chi connectivity index (χ1n) is 7.19. The predicted molar refractivity (Wildman–Crippen MR) is 83.4 cm³/mol. The number of aliphatic hydroxyl groups excluding tert-OH is 1. The fourth-order valence-electron chi connectivity index (χ4n) is 1.94. The van der Waals surface area contributed by atoms with Crippen molar-refractivity contribution in [2.24, 2.45) is 0 Å². The van der Waals surface area contributed by atoms with Crippen LogP contribution in [-0.4, -0.2) is 35.3 Å². The summed E-state index contributed by atoms with van der Waals surface area (Å²) in [5, 5.41) is 12.5. The van der Waals surface area contributed by atoms with Crippen LogP contribution in [0.4, 0.5) is 0 Å². The van der Waals surface area contributed by atoms with E-state index in [0.29, 0.717) is 5.56 Å². The monoisotopic (exact) mass is 300 g/mol. The number of pyridine rings is 1. The second-order valence-electron chi connectivity index (χ2n) is 4.99. The Kier molecular flexibility index (Phi) is 6.06. The van der Waals surface area contributed by atoms with Crippen molar-refractivity contribution < 1.29 is 14.6 Å². The van der Waals surface area contributed by atoms with Crippen molar-refractivity contribution in [3.63, 3.8) is 0 Å². The molecule has 0 aliphatic heterocycles. The molecule has 5 nitrogen and oxygen atoms in total. The van der Waals surface area contributed by atoms with Gasteiger partial charge in [0.15, 0.2) is 0 Å². The Morgan fingerprint density at radius 1 is 1.27 bits per heavy atom. The first-order valence-corrected chi connectivity index (χ1v) is 7.19. The lowest BCUT2D eigenvalue weighted by Crippen LogP contribution is -2.34. The molecule has 1 amide bonds. The standard InChI is InChI=1S/C17H20N2O3/c1-13(14-6-3-2-4-7-14)22-12-16(20)11-19-17(21)15-8-5-9-18-10-15/h2-10,13,16,20H,11-12H2,1H3,(H,19,21)/t13-,16-/m1/s1. The molecule has 0 unspecified atom stereocenters. The molecule has 0 bridgehead atoms. The highest BCUT2D eigenvalue weighted by Crippen LogP contribution is 2.15. The molecule has 116 valence electrons. The van der Waals surface area contributed by atoms with E-state index < -0.39 is 6.10 Å². The van der Waals surface area contributed by atoms with Crippen molar-refractivity contribution in [1.29, 1.82) is 0 Å². The third kappa shape index (κ3) is 4.95. The van der Waals surface area contributed by atoms with Gasteiger partial charge in [0.25, 0.3) is 5.91 Å². The summed E-state index contributed by atoms with van der Waals surface area (Å²) in [5.41, 5.74) is 1.52. The fourth-order valence-corrected chi connectivity index (χ4v) is 1.94. The molecule has 1 aromatic carbocycles. The molecule has 0 radical (unpaired) electrons. The van der Waals surface area contributed by atoms with E-state index in [1.54, 1.807) is 18.3 Å². The van der Waals surface area contributed by atoms with Gasteiger partial charge in [-0.2, -0.15) is 0 Å². The lowest BCUT2D eigenvalue weighted by molar-refractivity contribution is -0.00171. The minimum absolute atomic E-state index is 0.107. The average molecular weight is 300 g/mol. The summed E-state index contributed by atoms with van der Waals surface area (Å²) in [7, 11) is 0. The molecular formula is C17H20N2O3. The van der Waals surface area contributed by atoms with Crippen LogP contribution in [-0.2, 0) is 4.74 Å². The van der Waals surface area contributed by atoms with Gasteiger partial charge in [-0.1, -0.05) is 30.3 Å². The highest BCUT2D eigenvalue weighted by Gasteiger charge is 2.12. The van der Waals surface area contributed by atoms with E-state index in [2.05, 4.69) is 10.3 Å². The van der Waals surface area contributed by atoms with Gasteiger partial charge in [-0.3, -0.25) is 9.78 Å². The summed E-state index contributed by atoms with van der Waals surface area (Å²) in [6.07, 6.45) is 2.22. The highest BCUT2D eigenvalue weighted by molar-refractivity contribution is 5.93. The smallest absolute Gasteiger partial charge is 0.252 e. The van der Waals surface area contributed by atoms with Gasteiger partial charge in [0.05, 0.1) is 24.4 Å².